The van der Waals surface area contributed by atoms with E-state index in [1.807, 2.05) is 13.8 Å². The van der Waals surface area contributed by atoms with Crippen molar-refractivity contribution in [2.45, 2.75) is 45.7 Å². The molecule has 1 unspecified atom stereocenters. The third-order valence-corrected chi connectivity index (χ3v) is 2.47. The lowest BCUT2D eigenvalue weighted by molar-refractivity contribution is -0.124. The fraction of sp³-hybridized carbons (Fsp3) is 0.846. The van der Waals surface area contributed by atoms with Gasteiger partial charge in [-0.3, -0.25) is 9.59 Å². The van der Waals surface area contributed by atoms with Gasteiger partial charge in [0, 0.05) is 39.3 Å². The number of methoxy groups -OCH3 is 1. The summed E-state index contributed by atoms with van der Waals surface area (Å²) in [6, 6.07) is -0.150. The van der Waals surface area contributed by atoms with E-state index in [0.717, 1.165) is 6.42 Å². The molecule has 112 valence electrons. The summed E-state index contributed by atoms with van der Waals surface area (Å²) in [5.41, 5.74) is 0. The van der Waals surface area contributed by atoms with Crippen molar-refractivity contribution in [1.82, 2.24) is 16.0 Å². The average molecular weight is 273 g/mol. The fourth-order valence-corrected chi connectivity index (χ4v) is 1.47. The first-order chi connectivity index (χ1) is 8.97. The standard InChI is InChI=1S/C13H27N3O3/c1-10(2)16-12(17)6-8-14-11(3)13(18)15-7-5-9-19-4/h10-11,14H,5-9H2,1-4H3,(H,15,18)(H,16,17). The Balaban J connectivity index is 3.64. The van der Waals surface area contributed by atoms with E-state index >= 15 is 0 Å². The first-order valence-corrected chi connectivity index (χ1v) is 6.76. The topological polar surface area (TPSA) is 79.5 Å². The van der Waals surface area contributed by atoms with Crippen LogP contribution in [0.15, 0.2) is 0 Å². The summed E-state index contributed by atoms with van der Waals surface area (Å²) in [6.45, 7) is 7.35. The summed E-state index contributed by atoms with van der Waals surface area (Å²) in [6.07, 6.45) is 1.17. The van der Waals surface area contributed by atoms with Crippen LogP contribution in [-0.4, -0.2) is 50.7 Å². The molecular weight excluding hydrogens is 246 g/mol. The SMILES string of the molecule is COCCCNC(=O)C(C)NCCC(=O)NC(C)C. The highest BCUT2D eigenvalue weighted by Gasteiger charge is 2.11. The monoisotopic (exact) mass is 273 g/mol. The van der Waals surface area contributed by atoms with Crippen LogP contribution in [0.25, 0.3) is 0 Å². The Morgan fingerprint density at radius 2 is 1.84 bits per heavy atom. The second-order valence-electron chi connectivity index (χ2n) is 4.79. The lowest BCUT2D eigenvalue weighted by Gasteiger charge is -2.14. The van der Waals surface area contributed by atoms with Crippen LogP contribution in [-0.2, 0) is 14.3 Å². The van der Waals surface area contributed by atoms with Gasteiger partial charge in [-0.25, -0.2) is 0 Å². The number of ether oxygens (including phenoxy) is 1. The molecule has 6 heteroatoms. The number of carbonyl (C=O) groups excluding carboxylic acids is 2. The van der Waals surface area contributed by atoms with Gasteiger partial charge < -0.3 is 20.7 Å². The Morgan fingerprint density at radius 3 is 2.42 bits per heavy atom. The van der Waals surface area contributed by atoms with Gasteiger partial charge in [0.2, 0.25) is 11.8 Å². The maximum absolute atomic E-state index is 11.6. The van der Waals surface area contributed by atoms with E-state index in [4.69, 9.17) is 4.74 Å². The zero-order valence-electron chi connectivity index (χ0n) is 12.4. The molecule has 0 aliphatic carbocycles. The van der Waals surface area contributed by atoms with Crippen LogP contribution in [0.1, 0.15) is 33.6 Å². The number of rotatable bonds is 10. The summed E-state index contributed by atoms with van der Waals surface area (Å²) < 4.78 is 4.90. The molecule has 0 rings (SSSR count). The predicted molar refractivity (Wildman–Crippen MR) is 74.9 cm³/mol. The highest BCUT2D eigenvalue weighted by atomic mass is 16.5. The molecule has 0 fully saturated rings. The van der Waals surface area contributed by atoms with Gasteiger partial charge in [0.05, 0.1) is 6.04 Å². The van der Waals surface area contributed by atoms with Gasteiger partial charge in [-0.05, 0) is 27.2 Å². The van der Waals surface area contributed by atoms with Crippen LogP contribution in [0.3, 0.4) is 0 Å². The summed E-state index contributed by atoms with van der Waals surface area (Å²) >= 11 is 0. The van der Waals surface area contributed by atoms with Crippen molar-refractivity contribution in [2.75, 3.05) is 26.8 Å². The van der Waals surface area contributed by atoms with Crippen LogP contribution >= 0.6 is 0 Å². The molecule has 0 spiro atoms. The molecule has 3 N–H and O–H groups in total. The molecule has 2 amide bonds. The van der Waals surface area contributed by atoms with Crippen LogP contribution in [0.4, 0.5) is 0 Å². The third kappa shape index (κ3) is 10.5. The average Bonchev–Trinajstić information content (AvgIpc) is 2.33. The van der Waals surface area contributed by atoms with Crippen LogP contribution in [0, 0.1) is 0 Å². The molecule has 0 bridgehead atoms. The summed E-state index contributed by atoms with van der Waals surface area (Å²) in [7, 11) is 1.63. The first kappa shape index (κ1) is 17.9. The van der Waals surface area contributed by atoms with Gasteiger partial charge in [0.1, 0.15) is 0 Å². The molecule has 0 aromatic rings. The molecule has 0 aromatic heterocycles. The van der Waals surface area contributed by atoms with E-state index in [1.54, 1.807) is 14.0 Å². The molecule has 0 aliphatic rings. The van der Waals surface area contributed by atoms with E-state index in [2.05, 4.69) is 16.0 Å². The zero-order valence-corrected chi connectivity index (χ0v) is 12.4. The van der Waals surface area contributed by atoms with Gasteiger partial charge in [-0.15, -0.1) is 0 Å². The van der Waals surface area contributed by atoms with Crippen molar-refractivity contribution in [1.29, 1.82) is 0 Å². The van der Waals surface area contributed by atoms with Gasteiger partial charge in [-0.1, -0.05) is 0 Å². The Hall–Kier alpha value is -1.14. The highest BCUT2D eigenvalue weighted by molar-refractivity contribution is 5.81. The fourth-order valence-electron chi connectivity index (χ4n) is 1.47. The molecule has 19 heavy (non-hydrogen) atoms. The molecule has 0 radical (unpaired) electrons. The number of nitrogens with one attached hydrogen (secondary N) is 3. The smallest absolute Gasteiger partial charge is 0.236 e. The molecule has 0 heterocycles. The Morgan fingerprint density at radius 1 is 1.16 bits per heavy atom. The van der Waals surface area contributed by atoms with Gasteiger partial charge in [0.15, 0.2) is 0 Å². The first-order valence-electron chi connectivity index (χ1n) is 6.76. The number of amides is 2. The molecule has 0 aliphatic heterocycles. The van der Waals surface area contributed by atoms with Crippen molar-refractivity contribution >= 4 is 11.8 Å². The predicted octanol–water partition coefficient (Wildman–Crippen LogP) is 0.0319. The quantitative estimate of drug-likeness (QED) is 0.491. The third-order valence-electron chi connectivity index (χ3n) is 2.47. The Kier molecular flexibility index (Phi) is 10.1. The van der Waals surface area contributed by atoms with Crippen molar-refractivity contribution in [3.63, 3.8) is 0 Å². The van der Waals surface area contributed by atoms with Crippen molar-refractivity contribution in [2.24, 2.45) is 0 Å². The van der Waals surface area contributed by atoms with Crippen LogP contribution in [0.2, 0.25) is 0 Å². The largest absolute Gasteiger partial charge is 0.385 e. The van der Waals surface area contributed by atoms with Crippen molar-refractivity contribution < 1.29 is 14.3 Å². The highest BCUT2D eigenvalue weighted by Crippen LogP contribution is 1.87. The van der Waals surface area contributed by atoms with Gasteiger partial charge in [0.25, 0.3) is 0 Å². The minimum Gasteiger partial charge on any atom is -0.385 e. The van der Waals surface area contributed by atoms with E-state index in [-0.39, 0.29) is 23.9 Å². The minimum absolute atomic E-state index is 0.00444. The van der Waals surface area contributed by atoms with Crippen LogP contribution in [0.5, 0.6) is 0 Å². The van der Waals surface area contributed by atoms with Crippen LogP contribution < -0.4 is 16.0 Å². The molecule has 0 saturated heterocycles. The second-order valence-corrected chi connectivity index (χ2v) is 4.79. The van der Waals surface area contributed by atoms with Crippen molar-refractivity contribution in [3.8, 4) is 0 Å². The summed E-state index contributed by atoms with van der Waals surface area (Å²) in [5, 5.41) is 8.63. The molecule has 6 nitrogen and oxygen atoms in total. The number of hydrogen-bond acceptors (Lipinski definition) is 4. The normalized spacial score (nSPS) is 12.3. The second kappa shape index (κ2) is 10.8. The van der Waals surface area contributed by atoms with E-state index in [0.29, 0.717) is 26.1 Å². The van der Waals surface area contributed by atoms with Gasteiger partial charge >= 0.3 is 0 Å². The summed E-state index contributed by atoms with van der Waals surface area (Å²) in [4.78, 5) is 23.0. The zero-order chi connectivity index (χ0) is 14.7. The van der Waals surface area contributed by atoms with E-state index < -0.39 is 0 Å². The maximum Gasteiger partial charge on any atom is 0.236 e. The maximum atomic E-state index is 11.6. The Labute approximate surface area is 115 Å². The number of carbonyl (C=O) groups is 2. The Bertz CT molecular complexity index is 270. The molecule has 0 aromatic carbocycles. The van der Waals surface area contributed by atoms with Gasteiger partial charge in [-0.2, -0.15) is 0 Å². The number of hydrogen-bond donors (Lipinski definition) is 3. The lowest BCUT2D eigenvalue weighted by Crippen LogP contribution is -2.44. The minimum atomic E-state index is -0.297. The molecule has 0 saturated carbocycles. The van der Waals surface area contributed by atoms with Crippen molar-refractivity contribution in [3.05, 3.63) is 0 Å². The molecular formula is C13H27N3O3. The van der Waals surface area contributed by atoms with E-state index in [9.17, 15) is 9.59 Å². The summed E-state index contributed by atoms with van der Waals surface area (Å²) in [5.74, 6) is -0.0597. The van der Waals surface area contributed by atoms with E-state index in [1.165, 1.54) is 0 Å². The molecule has 1 atom stereocenters. The lowest BCUT2D eigenvalue weighted by atomic mass is 10.2.